The van der Waals surface area contributed by atoms with Gasteiger partial charge in [-0.1, -0.05) is 32.0 Å². The van der Waals surface area contributed by atoms with E-state index < -0.39 is 0 Å². The number of piperidine rings is 1. The van der Waals surface area contributed by atoms with Gasteiger partial charge in [0, 0.05) is 24.3 Å². The number of rotatable bonds is 5. The minimum Gasteiger partial charge on any atom is -0.393 e. The first-order valence-corrected chi connectivity index (χ1v) is 8.40. The maximum absolute atomic E-state index is 9.99. The zero-order valence-corrected chi connectivity index (χ0v) is 13.3. The SMILES string of the molecule is CC(C)CNCc1ccccc1N1C2CCC1CC(O)C2. The molecule has 2 atom stereocenters. The monoisotopic (exact) mass is 288 g/mol. The Morgan fingerprint density at radius 2 is 1.86 bits per heavy atom. The first-order valence-electron chi connectivity index (χ1n) is 8.40. The molecule has 2 fully saturated rings. The standard InChI is InChI=1S/C18H28N2O/c1-13(2)11-19-12-14-5-3-4-6-18(14)20-15-7-8-16(20)10-17(21)9-15/h3-6,13,15-17,19,21H,7-12H2,1-2H3. The topological polar surface area (TPSA) is 35.5 Å². The van der Waals surface area contributed by atoms with E-state index in [1.54, 1.807) is 0 Å². The number of hydrogen-bond acceptors (Lipinski definition) is 3. The Labute approximate surface area is 128 Å². The first kappa shape index (κ1) is 14.9. The second kappa shape index (κ2) is 6.37. The lowest BCUT2D eigenvalue weighted by Gasteiger charge is -2.40. The van der Waals surface area contributed by atoms with Gasteiger partial charge in [-0.2, -0.15) is 0 Å². The highest BCUT2D eigenvalue weighted by atomic mass is 16.3. The van der Waals surface area contributed by atoms with E-state index in [0.717, 1.165) is 25.9 Å². The lowest BCUT2D eigenvalue weighted by Crippen LogP contribution is -2.45. The van der Waals surface area contributed by atoms with Crippen LogP contribution in [0, 0.1) is 5.92 Å². The van der Waals surface area contributed by atoms with E-state index in [1.807, 2.05) is 0 Å². The maximum atomic E-state index is 9.99. The fourth-order valence-corrected chi connectivity index (χ4v) is 3.95. The maximum Gasteiger partial charge on any atom is 0.0579 e. The molecule has 2 N–H and O–H groups in total. The summed E-state index contributed by atoms with van der Waals surface area (Å²) >= 11 is 0. The van der Waals surface area contributed by atoms with E-state index in [1.165, 1.54) is 24.1 Å². The van der Waals surface area contributed by atoms with E-state index in [4.69, 9.17) is 0 Å². The van der Waals surface area contributed by atoms with Gasteiger partial charge in [-0.15, -0.1) is 0 Å². The number of nitrogens with zero attached hydrogens (tertiary/aromatic N) is 1. The van der Waals surface area contributed by atoms with Crippen molar-refractivity contribution < 1.29 is 5.11 Å². The minimum atomic E-state index is -0.0926. The van der Waals surface area contributed by atoms with Gasteiger partial charge in [0.1, 0.15) is 0 Å². The molecule has 2 saturated heterocycles. The van der Waals surface area contributed by atoms with E-state index in [0.29, 0.717) is 18.0 Å². The van der Waals surface area contributed by atoms with Gasteiger partial charge >= 0.3 is 0 Å². The van der Waals surface area contributed by atoms with Crippen LogP contribution in [0.25, 0.3) is 0 Å². The summed E-state index contributed by atoms with van der Waals surface area (Å²) in [7, 11) is 0. The third kappa shape index (κ3) is 3.24. The third-order valence-electron chi connectivity index (χ3n) is 4.85. The molecule has 1 aromatic carbocycles. The number of nitrogens with one attached hydrogen (secondary N) is 1. The third-order valence-corrected chi connectivity index (χ3v) is 4.85. The van der Waals surface area contributed by atoms with Crippen LogP contribution in [0.4, 0.5) is 5.69 Å². The van der Waals surface area contributed by atoms with Crippen molar-refractivity contribution in [1.29, 1.82) is 0 Å². The molecule has 0 saturated carbocycles. The molecule has 21 heavy (non-hydrogen) atoms. The number of benzene rings is 1. The van der Waals surface area contributed by atoms with Crippen LogP contribution in [-0.2, 0) is 6.54 Å². The number of aliphatic hydroxyl groups excluding tert-OH is 1. The molecule has 3 heteroatoms. The average molecular weight is 288 g/mol. The predicted molar refractivity (Wildman–Crippen MR) is 87.5 cm³/mol. The van der Waals surface area contributed by atoms with Crippen LogP contribution >= 0.6 is 0 Å². The highest BCUT2D eigenvalue weighted by Crippen LogP contribution is 2.40. The van der Waals surface area contributed by atoms with Gasteiger partial charge in [0.2, 0.25) is 0 Å². The molecule has 2 bridgehead atoms. The Bertz CT molecular complexity index is 460. The van der Waals surface area contributed by atoms with E-state index >= 15 is 0 Å². The second-order valence-electron chi connectivity index (χ2n) is 7.07. The Morgan fingerprint density at radius 3 is 2.52 bits per heavy atom. The predicted octanol–water partition coefficient (Wildman–Crippen LogP) is 2.92. The van der Waals surface area contributed by atoms with Crippen molar-refractivity contribution in [2.45, 2.75) is 64.3 Å². The van der Waals surface area contributed by atoms with Crippen molar-refractivity contribution in [2.24, 2.45) is 5.92 Å². The van der Waals surface area contributed by atoms with Gasteiger partial charge < -0.3 is 15.3 Å². The first-order chi connectivity index (χ1) is 10.1. The smallest absolute Gasteiger partial charge is 0.0579 e. The zero-order chi connectivity index (χ0) is 14.8. The Morgan fingerprint density at radius 1 is 1.19 bits per heavy atom. The summed E-state index contributed by atoms with van der Waals surface area (Å²) in [6.07, 6.45) is 4.24. The molecular weight excluding hydrogens is 260 g/mol. The lowest BCUT2D eigenvalue weighted by atomic mass is 9.97. The van der Waals surface area contributed by atoms with Crippen molar-refractivity contribution in [2.75, 3.05) is 11.4 Å². The highest BCUT2D eigenvalue weighted by Gasteiger charge is 2.40. The van der Waals surface area contributed by atoms with Gasteiger partial charge in [0.25, 0.3) is 0 Å². The fraction of sp³-hybridized carbons (Fsp3) is 0.667. The largest absolute Gasteiger partial charge is 0.393 e. The summed E-state index contributed by atoms with van der Waals surface area (Å²) in [6, 6.07) is 9.85. The van der Waals surface area contributed by atoms with Gasteiger partial charge in [0.15, 0.2) is 0 Å². The van der Waals surface area contributed by atoms with E-state index in [9.17, 15) is 5.11 Å². The average Bonchev–Trinajstić information content (AvgIpc) is 2.71. The Hall–Kier alpha value is -1.06. The van der Waals surface area contributed by atoms with Crippen LogP contribution in [-0.4, -0.2) is 29.8 Å². The molecule has 0 amide bonds. The second-order valence-corrected chi connectivity index (χ2v) is 7.07. The Kier molecular flexibility index (Phi) is 4.51. The molecule has 0 radical (unpaired) electrons. The molecule has 0 aromatic heterocycles. The molecule has 2 aliphatic rings. The highest BCUT2D eigenvalue weighted by molar-refractivity contribution is 5.56. The number of hydrogen-bond donors (Lipinski definition) is 2. The lowest BCUT2D eigenvalue weighted by molar-refractivity contribution is 0.126. The van der Waals surface area contributed by atoms with Crippen molar-refractivity contribution in [3.05, 3.63) is 29.8 Å². The van der Waals surface area contributed by atoms with Crippen molar-refractivity contribution in [3.63, 3.8) is 0 Å². The summed E-state index contributed by atoms with van der Waals surface area (Å²) < 4.78 is 0. The van der Waals surface area contributed by atoms with Crippen molar-refractivity contribution in [3.8, 4) is 0 Å². The summed E-state index contributed by atoms with van der Waals surface area (Å²) in [4.78, 5) is 2.60. The molecule has 1 aromatic rings. The van der Waals surface area contributed by atoms with Crippen LogP contribution < -0.4 is 10.2 Å². The van der Waals surface area contributed by atoms with Crippen LogP contribution in [0.2, 0.25) is 0 Å². The van der Waals surface area contributed by atoms with Gasteiger partial charge in [-0.05, 0) is 49.8 Å². The molecule has 2 unspecified atom stereocenters. The van der Waals surface area contributed by atoms with Gasteiger partial charge in [-0.25, -0.2) is 0 Å². The van der Waals surface area contributed by atoms with Gasteiger partial charge in [0.05, 0.1) is 6.10 Å². The number of aliphatic hydroxyl groups is 1. The van der Waals surface area contributed by atoms with Crippen LogP contribution in [0.5, 0.6) is 0 Å². The van der Waals surface area contributed by atoms with Crippen molar-refractivity contribution >= 4 is 5.69 Å². The molecule has 3 rings (SSSR count). The van der Waals surface area contributed by atoms with E-state index in [2.05, 4.69) is 48.3 Å². The molecule has 0 aliphatic carbocycles. The summed E-state index contributed by atoms with van der Waals surface area (Å²) in [5.74, 6) is 0.679. The normalized spacial score (nSPS) is 28.4. The zero-order valence-electron chi connectivity index (χ0n) is 13.3. The number of para-hydroxylation sites is 1. The Balaban J connectivity index is 1.76. The van der Waals surface area contributed by atoms with Crippen molar-refractivity contribution in [1.82, 2.24) is 5.32 Å². The number of anilines is 1. The molecule has 2 aliphatic heterocycles. The molecular formula is C18H28N2O. The summed E-state index contributed by atoms with van der Waals surface area (Å²) in [5.41, 5.74) is 2.78. The minimum absolute atomic E-state index is 0.0926. The quantitative estimate of drug-likeness (QED) is 0.874. The van der Waals surface area contributed by atoms with E-state index in [-0.39, 0.29) is 6.10 Å². The van der Waals surface area contributed by atoms with Crippen LogP contribution in [0.15, 0.2) is 24.3 Å². The fourth-order valence-electron chi connectivity index (χ4n) is 3.95. The van der Waals surface area contributed by atoms with Crippen LogP contribution in [0.1, 0.15) is 45.1 Å². The summed E-state index contributed by atoms with van der Waals surface area (Å²) in [6.45, 7) is 6.48. The molecule has 0 spiro atoms. The van der Waals surface area contributed by atoms with Crippen LogP contribution in [0.3, 0.4) is 0 Å². The van der Waals surface area contributed by atoms with Gasteiger partial charge in [-0.3, -0.25) is 0 Å². The number of fused-ring (bicyclic) bond motifs is 2. The molecule has 116 valence electrons. The molecule has 3 nitrogen and oxygen atoms in total. The molecule has 2 heterocycles. The summed E-state index contributed by atoms with van der Waals surface area (Å²) in [5, 5.41) is 13.6.